The van der Waals surface area contributed by atoms with Gasteiger partial charge in [-0.1, -0.05) is 40.5 Å². The van der Waals surface area contributed by atoms with Gasteiger partial charge in [-0.25, -0.2) is 0 Å². The van der Waals surface area contributed by atoms with Crippen molar-refractivity contribution in [1.82, 2.24) is 4.90 Å². The number of aldehydes is 1. The Balaban J connectivity index is 2.68. The monoisotopic (exact) mass is 267 g/mol. The van der Waals surface area contributed by atoms with Crippen LogP contribution >= 0.6 is 0 Å². The molecule has 2 heteroatoms. The molecule has 0 aromatic rings. The molecule has 1 aliphatic carbocycles. The van der Waals surface area contributed by atoms with Gasteiger partial charge in [0.2, 0.25) is 0 Å². The van der Waals surface area contributed by atoms with Gasteiger partial charge in [0.15, 0.2) is 0 Å². The zero-order valence-corrected chi connectivity index (χ0v) is 13.5. The van der Waals surface area contributed by atoms with Crippen molar-refractivity contribution in [2.45, 2.75) is 78.7 Å². The number of rotatable bonds is 9. The summed E-state index contributed by atoms with van der Waals surface area (Å²) in [6.45, 7) is 11.0. The molecule has 0 unspecified atom stereocenters. The largest absolute Gasteiger partial charge is 0.303 e. The Morgan fingerprint density at radius 1 is 1.21 bits per heavy atom. The van der Waals surface area contributed by atoms with Gasteiger partial charge in [0.05, 0.1) is 0 Å². The van der Waals surface area contributed by atoms with Crippen molar-refractivity contribution in [3.05, 3.63) is 0 Å². The Labute approximate surface area is 119 Å². The van der Waals surface area contributed by atoms with E-state index in [1.165, 1.54) is 38.4 Å². The molecule has 0 aliphatic heterocycles. The maximum Gasteiger partial charge on any atom is 0.127 e. The van der Waals surface area contributed by atoms with E-state index in [-0.39, 0.29) is 5.41 Å². The predicted octanol–water partition coefficient (Wildman–Crippen LogP) is 4.28. The molecule has 0 heterocycles. The number of carbonyl (C=O) groups excluding carboxylic acids is 1. The number of carbonyl (C=O) groups is 1. The van der Waals surface area contributed by atoms with E-state index in [2.05, 4.69) is 32.6 Å². The second-order valence-electron chi connectivity index (χ2n) is 6.78. The Morgan fingerprint density at radius 3 is 2.21 bits per heavy atom. The van der Waals surface area contributed by atoms with Crippen molar-refractivity contribution in [3.63, 3.8) is 0 Å². The van der Waals surface area contributed by atoms with Gasteiger partial charge >= 0.3 is 0 Å². The molecule has 0 aromatic heterocycles. The van der Waals surface area contributed by atoms with E-state index in [1.54, 1.807) is 0 Å². The van der Waals surface area contributed by atoms with Crippen molar-refractivity contribution >= 4 is 6.29 Å². The van der Waals surface area contributed by atoms with Gasteiger partial charge in [-0.2, -0.15) is 0 Å². The maximum absolute atomic E-state index is 11.6. The molecule has 0 amide bonds. The zero-order valence-electron chi connectivity index (χ0n) is 13.5. The van der Waals surface area contributed by atoms with Crippen molar-refractivity contribution < 1.29 is 4.79 Å². The second kappa shape index (κ2) is 8.04. The lowest BCUT2D eigenvalue weighted by Gasteiger charge is -2.37. The molecule has 0 saturated heterocycles. The highest BCUT2D eigenvalue weighted by Crippen LogP contribution is 2.30. The van der Waals surface area contributed by atoms with Crippen LogP contribution in [0.5, 0.6) is 0 Å². The molecular formula is C17H33NO. The molecular weight excluding hydrogens is 234 g/mol. The zero-order chi connectivity index (χ0) is 14.3. The van der Waals surface area contributed by atoms with Crippen LogP contribution in [-0.2, 0) is 4.79 Å². The topological polar surface area (TPSA) is 20.3 Å². The van der Waals surface area contributed by atoms with Gasteiger partial charge in [-0.3, -0.25) is 4.90 Å². The average Bonchev–Trinajstić information content (AvgIpc) is 2.94. The number of nitrogens with zero attached hydrogens (tertiary/aromatic N) is 1. The third-order valence-corrected chi connectivity index (χ3v) is 5.01. The van der Waals surface area contributed by atoms with Gasteiger partial charge in [0, 0.05) is 18.0 Å². The van der Waals surface area contributed by atoms with E-state index in [0.717, 1.165) is 37.9 Å². The van der Waals surface area contributed by atoms with E-state index in [0.29, 0.717) is 0 Å². The number of hydrogen-bond donors (Lipinski definition) is 0. The summed E-state index contributed by atoms with van der Waals surface area (Å²) < 4.78 is 0. The van der Waals surface area contributed by atoms with E-state index >= 15 is 0 Å². The van der Waals surface area contributed by atoms with Crippen LogP contribution in [0.1, 0.15) is 72.6 Å². The quantitative estimate of drug-likeness (QED) is 0.581. The smallest absolute Gasteiger partial charge is 0.127 e. The van der Waals surface area contributed by atoms with E-state index in [4.69, 9.17) is 0 Å². The molecule has 1 fully saturated rings. The summed E-state index contributed by atoms with van der Waals surface area (Å²) in [6, 6.07) is 0.733. The van der Waals surface area contributed by atoms with Gasteiger partial charge in [0.1, 0.15) is 6.29 Å². The van der Waals surface area contributed by atoms with Crippen LogP contribution in [-0.4, -0.2) is 30.3 Å². The fourth-order valence-corrected chi connectivity index (χ4v) is 3.17. The SMILES string of the molecule is CCC(C=O)(CC)CN(CCC(C)C)C1CCCC1. The fourth-order valence-electron chi connectivity index (χ4n) is 3.17. The highest BCUT2D eigenvalue weighted by Gasteiger charge is 2.32. The van der Waals surface area contributed by atoms with Crippen molar-refractivity contribution in [2.24, 2.45) is 11.3 Å². The van der Waals surface area contributed by atoms with Crippen LogP contribution in [0, 0.1) is 11.3 Å². The molecule has 2 nitrogen and oxygen atoms in total. The van der Waals surface area contributed by atoms with Crippen LogP contribution < -0.4 is 0 Å². The van der Waals surface area contributed by atoms with Gasteiger partial charge in [-0.05, 0) is 44.6 Å². The first-order valence-corrected chi connectivity index (χ1v) is 8.27. The molecule has 1 saturated carbocycles. The van der Waals surface area contributed by atoms with E-state index < -0.39 is 0 Å². The molecule has 19 heavy (non-hydrogen) atoms. The van der Waals surface area contributed by atoms with Crippen LogP contribution in [0.4, 0.5) is 0 Å². The molecule has 0 atom stereocenters. The van der Waals surface area contributed by atoms with Crippen LogP contribution in [0.15, 0.2) is 0 Å². The Hall–Kier alpha value is -0.370. The highest BCUT2D eigenvalue weighted by molar-refractivity contribution is 5.59. The molecule has 0 bridgehead atoms. The van der Waals surface area contributed by atoms with Gasteiger partial charge in [-0.15, -0.1) is 0 Å². The molecule has 0 N–H and O–H groups in total. The molecule has 0 radical (unpaired) electrons. The highest BCUT2D eigenvalue weighted by atomic mass is 16.1. The summed E-state index contributed by atoms with van der Waals surface area (Å²) in [5.41, 5.74) is -0.112. The minimum atomic E-state index is -0.112. The third kappa shape index (κ3) is 4.91. The average molecular weight is 267 g/mol. The number of hydrogen-bond acceptors (Lipinski definition) is 2. The summed E-state index contributed by atoms with van der Waals surface area (Å²) in [5, 5.41) is 0. The molecule has 112 valence electrons. The summed E-state index contributed by atoms with van der Waals surface area (Å²) in [5.74, 6) is 0.748. The standard InChI is InChI=1S/C17H33NO/c1-5-17(6-2,14-19)13-18(12-11-15(3)4)16-9-7-8-10-16/h14-16H,5-13H2,1-4H3. The van der Waals surface area contributed by atoms with Crippen LogP contribution in [0.3, 0.4) is 0 Å². The summed E-state index contributed by atoms with van der Waals surface area (Å²) in [4.78, 5) is 14.2. The fraction of sp³-hybridized carbons (Fsp3) is 0.941. The van der Waals surface area contributed by atoms with Crippen LogP contribution in [0.25, 0.3) is 0 Å². The summed E-state index contributed by atoms with van der Waals surface area (Å²) in [7, 11) is 0. The lowest BCUT2D eigenvalue weighted by atomic mass is 9.83. The lowest BCUT2D eigenvalue weighted by molar-refractivity contribution is -0.118. The Morgan fingerprint density at radius 2 is 1.79 bits per heavy atom. The minimum absolute atomic E-state index is 0.112. The molecule has 1 rings (SSSR count). The first-order valence-electron chi connectivity index (χ1n) is 8.27. The first kappa shape index (κ1) is 16.7. The van der Waals surface area contributed by atoms with Gasteiger partial charge < -0.3 is 4.79 Å². The summed E-state index contributed by atoms with van der Waals surface area (Å²) >= 11 is 0. The second-order valence-corrected chi connectivity index (χ2v) is 6.78. The predicted molar refractivity (Wildman–Crippen MR) is 82.4 cm³/mol. The van der Waals surface area contributed by atoms with Crippen molar-refractivity contribution in [1.29, 1.82) is 0 Å². The molecule has 1 aliphatic rings. The summed E-state index contributed by atoms with van der Waals surface area (Å²) in [6.07, 6.45) is 9.82. The maximum atomic E-state index is 11.6. The normalized spacial score (nSPS) is 17.6. The first-order chi connectivity index (χ1) is 9.06. The lowest BCUT2D eigenvalue weighted by Crippen LogP contribution is -2.44. The van der Waals surface area contributed by atoms with Gasteiger partial charge in [0.25, 0.3) is 0 Å². The van der Waals surface area contributed by atoms with Crippen molar-refractivity contribution in [2.75, 3.05) is 13.1 Å². The Bertz CT molecular complexity index is 252. The molecule has 0 aromatic carbocycles. The third-order valence-electron chi connectivity index (χ3n) is 5.01. The van der Waals surface area contributed by atoms with E-state index in [9.17, 15) is 4.79 Å². The van der Waals surface area contributed by atoms with Crippen molar-refractivity contribution in [3.8, 4) is 0 Å². The molecule has 0 spiro atoms. The minimum Gasteiger partial charge on any atom is -0.303 e. The Kier molecular flexibility index (Phi) is 7.06. The van der Waals surface area contributed by atoms with Crippen LogP contribution in [0.2, 0.25) is 0 Å². The van der Waals surface area contributed by atoms with E-state index in [1.807, 2.05) is 0 Å².